The van der Waals surface area contributed by atoms with Gasteiger partial charge in [-0.2, -0.15) is 0 Å². The Morgan fingerprint density at radius 2 is 1.57 bits per heavy atom. The molecule has 2 nitrogen and oxygen atoms in total. The fraction of sp³-hybridized carbons (Fsp3) is 0.368. The van der Waals surface area contributed by atoms with Gasteiger partial charge >= 0.3 is 0 Å². The third kappa shape index (κ3) is 3.11. The van der Waals surface area contributed by atoms with Crippen molar-refractivity contribution in [3.63, 3.8) is 0 Å². The number of hydrogen-bond donors (Lipinski definition) is 1. The molecule has 0 amide bonds. The number of hydrogen-bond acceptors (Lipinski definition) is 2. The highest BCUT2D eigenvalue weighted by molar-refractivity contribution is 5.50. The lowest BCUT2D eigenvalue weighted by Crippen LogP contribution is -2.19. The van der Waals surface area contributed by atoms with Crippen LogP contribution in [0.4, 0.5) is 0 Å². The zero-order chi connectivity index (χ0) is 15.6. The van der Waals surface area contributed by atoms with Gasteiger partial charge in [-0.3, -0.25) is 0 Å². The Kier molecular flexibility index (Phi) is 4.69. The molecule has 1 atom stereocenters. The third-order valence-corrected chi connectivity index (χ3v) is 4.09. The van der Waals surface area contributed by atoms with Crippen molar-refractivity contribution in [2.75, 3.05) is 14.2 Å². The van der Waals surface area contributed by atoms with Crippen LogP contribution in [0, 0.1) is 27.7 Å². The van der Waals surface area contributed by atoms with Gasteiger partial charge in [-0.25, -0.2) is 0 Å². The first-order chi connectivity index (χ1) is 9.97. The van der Waals surface area contributed by atoms with E-state index < -0.39 is 0 Å². The van der Waals surface area contributed by atoms with Crippen molar-refractivity contribution in [3.8, 4) is 5.75 Å². The predicted molar refractivity (Wildman–Crippen MR) is 89.3 cm³/mol. The number of methoxy groups -OCH3 is 1. The largest absolute Gasteiger partial charge is 0.496 e. The maximum Gasteiger partial charge on any atom is 0.127 e. The lowest BCUT2D eigenvalue weighted by Gasteiger charge is -2.23. The summed E-state index contributed by atoms with van der Waals surface area (Å²) in [6, 6.07) is 11.2. The van der Waals surface area contributed by atoms with E-state index in [1.54, 1.807) is 7.11 Å². The van der Waals surface area contributed by atoms with Crippen LogP contribution in [0.3, 0.4) is 0 Å². The molecule has 0 saturated heterocycles. The van der Waals surface area contributed by atoms with Crippen molar-refractivity contribution in [2.45, 2.75) is 33.7 Å². The number of aryl methyl sites for hydroxylation is 3. The Bertz CT molecular complexity index is 626. The van der Waals surface area contributed by atoms with Crippen molar-refractivity contribution in [1.82, 2.24) is 5.32 Å². The summed E-state index contributed by atoms with van der Waals surface area (Å²) in [6.07, 6.45) is 0. The minimum absolute atomic E-state index is 0.137. The van der Waals surface area contributed by atoms with Crippen LogP contribution in [0.5, 0.6) is 5.75 Å². The Morgan fingerprint density at radius 3 is 2.10 bits per heavy atom. The lowest BCUT2D eigenvalue weighted by atomic mass is 9.92. The minimum Gasteiger partial charge on any atom is -0.496 e. The fourth-order valence-corrected chi connectivity index (χ4v) is 2.99. The van der Waals surface area contributed by atoms with Gasteiger partial charge in [-0.15, -0.1) is 0 Å². The van der Waals surface area contributed by atoms with E-state index in [2.05, 4.69) is 63.3 Å². The Hall–Kier alpha value is -1.80. The second-order valence-corrected chi connectivity index (χ2v) is 5.77. The van der Waals surface area contributed by atoms with Crippen molar-refractivity contribution >= 4 is 0 Å². The molecule has 0 radical (unpaired) electrons. The molecule has 0 heterocycles. The summed E-state index contributed by atoms with van der Waals surface area (Å²) in [5.41, 5.74) is 7.50. The van der Waals surface area contributed by atoms with E-state index in [0.29, 0.717) is 0 Å². The van der Waals surface area contributed by atoms with Crippen LogP contribution in [0.25, 0.3) is 0 Å². The molecule has 1 N–H and O–H groups in total. The van der Waals surface area contributed by atoms with Crippen LogP contribution < -0.4 is 10.1 Å². The van der Waals surface area contributed by atoms with Crippen LogP contribution in [-0.2, 0) is 0 Å². The third-order valence-electron chi connectivity index (χ3n) is 4.09. The van der Waals surface area contributed by atoms with Crippen molar-refractivity contribution in [3.05, 3.63) is 63.7 Å². The van der Waals surface area contributed by atoms with Gasteiger partial charge in [0.25, 0.3) is 0 Å². The topological polar surface area (TPSA) is 21.3 Å². The molecular weight excluding hydrogens is 258 g/mol. The predicted octanol–water partition coefficient (Wildman–Crippen LogP) is 4.24. The number of benzene rings is 2. The molecule has 2 rings (SSSR count). The summed E-state index contributed by atoms with van der Waals surface area (Å²) in [6.45, 7) is 8.51. The van der Waals surface area contributed by atoms with Gasteiger partial charge in [0.1, 0.15) is 5.75 Å². The first kappa shape index (κ1) is 15.6. The van der Waals surface area contributed by atoms with Gasteiger partial charge in [0, 0.05) is 5.56 Å². The molecule has 0 aliphatic carbocycles. The second kappa shape index (κ2) is 6.31. The summed E-state index contributed by atoms with van der Waals surface area (Å²) >= 11 is 0. The van der Waals surface area contributed by atoms with Crippen molar-refractivity contribution in [1.29, 1.82) is 0 Å². The Balaban J connectivity index is 2.59. The van der Waals surface area contributed by atoms with Crippen LogP contribution in [0.1, 0.15) is 39.4 Å². The molecule has 112 valence electrons. The van der Waals surface area contributed by atoms with E-state index in [1.807, 2.05) is 7.05 Å². The van der Waals surface area contributed by atoms with Crippen LogP contribution in [-0.4, -0.2) is 14.2 Å². The van der Waals surface area contributed by atoms with E-state index in [4.69, 9.17) is 4.74 Å². The molecule has 2 heteroatoms. The van der Waals surface area contributed by atoms with Gasteiger partial charge in [-0.1, -0.05) is 41.5 Å². The Labute approximate surface area is 128 Å². The molecule has 0 aromatic heterocycles. The number of ether oxygens (including phenoxy) is 1. The molecule has 0 aliphatic rings. The lowest BCUT2D eigenvalue weighted by molar-refractivity contribution is 0.402. The van der Waals surface area contributed by atoms with Gasteiger partial charge in [0.15, 0.2) is 0 Å². The molecule has 21 heavy (non-hydrogen) atoms. The van der Waals surface area contributed by atoms with Crippen molar-refractivity contribution in [2.24, 2.45) is 0 Å². The first-order valence-corrected chi connectivity index (χ1v) is 7.37. The molecule has 0 fully saturated rings. The van der Waals surface area contributed by atoms with Crippen molar-refractivity contribution < 1.29 is 4.74 Å². The average molecular weight is 283 g/mol. The molecule has 1 unspecified atom stereocenters. The smallest absolute Gasteiger partial charge is 0.127 e. The minimum atomic E-state index is 0.137. The van der Waals surface area contributed by atoms with E-state index >= 15 is 0 Å². The van der Waals surface area contributed by atoms with E-state index in [1.165, 1.54) is 33.4 Å². The highest BCUT2D eigenvalue weighted by atomic mass is 16.5. The molecule has 0 bridgehead atoms. The van der Waals surface area contributed by atoms with E-state index in [-0.39, 0.29) is 6.04 Å². The average Bonchev–Trinajstić information content (AvgIpc) is 2.43. The molecule has 2 aromatic carbocycles. The monoisotopic (exact) mass is 283 g/mol. The molecule has 2 aromatic rings. The maximum absolute atomic E-state index is 5.68. The summed E-state index contributed by atoms with van der Waals surface area (Å²) in [4.78, 5) is 0. The quantitative estimate of drug-likeness (QED) is 0.906. The second-order valence-electron chi connectivity index (χ2n) is 5.77. The highest BCUT2D eigenvalue weighted by Gasteiger charge is 2.19. The first-order valence-electron chi connectivity index (χ1n) is 7.37. The molecule has 0 aliphatic heterocycles. The summed E-state index contributed by atoms with van der Waals surface area (Å²) in [7, 11) is 3.75. The van der Waals surface area contributed by atoms with E-state index in [9.17, 15) is 0 Å². The Morgan fingerprint density at radius 1 is 0.952 bits per heavy atom. The SMILES string of the molecule is CNC(c1cc(C)cc(C)c1)c1ccc(C)c(C)c1OC. The molecule has 0 saturated carbocycles. The summed E-state index contributed by atoms with van der Waals surface area (Å²) < 4.78 is 5.68. The van der Waals surface area contributed by atoms with Gasteiger partial charge in [-0.05, 0) is 51.4 Å². The zero-order valence-corrected chi connectivity index (χ0v) is 13.9. The number of rotatable bonds is 4. The van der Waals surface area contributed by atoms with Crippen LogP contribution in [0.2, 0.25) is 0 Å². The molecule has 0 spiro atoms. The zero-order valence-electron chi connectivity index (χ0n) is 13.9. The van der Waals surface area contributed by atoms with Gasteiger partial charge in [0.2, 0.25) is 0 Å². The van der Waals surface area contributed by atoms with Crippen LogP contribution in [0.15, 0.2) is 30.3 Å². The number of nitrogens with one attached hydrogen (secondary N) is 1. The normalized spacial score (nSPS) is 12.3. The summed E-state index contributed by atoms with van der Waals surface area (Å²) in [5.74, 6) is 0.980. The van der Waals surface area contributed by atoms with E-state index in [0.717, 1.165) is 5.75 Å². The molecular formula is C19H25NO. The summed E-state index contributed by atoms with van der Waals surface area (Å²) in [5, 5.41) is 3.43. The van der Waals surface area contributed by atoms with Crippen LogP contribution >= 0.6 is 0 Å². The fourth-order valence-electron chi connectivity index (χ4n) is 2.99. The maximum atomic E-state index is 5.68. The highest BCUT2D eigenvalue weighted by Crippen LogP contribution is 2.34. The van der Waals surface area contributed by atoms with Gasteiger partial charge < -0.3 is 10.1 Å². The standard InChI is InChI=1S/C19H25NO/c1-12-9-13(2)11-16(10-12)18(20-5)17-8-7-14(3)15(4)19(17)21-6/h7-11,18,20H,1-6H3. The van der Waals surface area contributed by atoms with Gasteiger partial charge in [0.05, 0.1) is 13.2 Å².